The fraction of sp³-hybridized carbons (Fsp3) is 0.750. The average molecular weight is 266 g/mol. The minimum atomic E-state index is -0.425. The van der Waals surface area contributed by atoms with E-state index in [1.54, 1.807) is 13.2 Å². The highest BCUT2D eigenvalue weighted by atomic mass is 16.2. The molecule has 0 aromatic carbocycles. The summed E-state index contributed by atoms with van der Waals surface area (Å²) >= 11 is 0. The molecule has 106 valence electrons. The van der Waals surface area contributed by atoms with E-state index in [0.29, 0.717) is 18.9 Å². The number of nitriles is 1. The van der Waals surface area contributed by atoms with Crippen LogP contribution in [-0.4, -0.2) is 49.5 Å². The van der Waals surface area contributed by atoms with Gasteiger partial charge in [-0.2, -0.15) is 5.26 Å². The van der Waals surface area contributed by atoms with Gasteiger partial charge in [-0.15, -0.1) is 4.99 Å². The fourth-order valence-corrected chi connectivity index (χ4v) is 2.06. The molecule has 0 unspecified atom stereocenters. The standard InChI is InChI=1S/C12H22N6O/c1-15-12(17-9-13)16-6-4-5-10(14)11(19)18-7-2-3-8-18/h10H,2-8,14H2,1H3,(H2,15,16,17)/t10-/m0/s1. The number of nitrogens with two attached hydrogens (primary N) is 1. The predicted molar refractivity (Wildman–Crippen MR) is 73.1 cm³/mol. The van der Waals surface area contributed by atoms with Gasteiger partial charge in [0.25, 0.3) is 0 Å². The molecule has 1 amide bonds. The molecule has 0 aromatic rings. The van der Waals surface area contributed by atoms with E-state index in [4.69, 9.17) is 11.0 Å². The third-order valence-corrected chi connectivity index (χ3v) is 3.12. The molecule has 0 bridgehead atoms. The molecule has 1 heterocycles. The van der Waals surface area contributed by atoms with E-state index in [2.05, 4.69) is 15.6 Å². The maximum Gasteiger partial charge on any atom is 0.239 e. The first-order valence-electron chi connectivity index (χ1n) is 6.61. The zero-order chi connectivity index (χ0) is 14.1. The Balaban J connectivity index is 2.19. The second kappa shape index (κ2) is 8.32. The van der Waals surface area contributed by atoms with Gasteiger partial charge >= 0.3 is 0 Å². The molecule has 1 atom stereocenters. The number of nitrogens with one attached hydrogen (secondary N) is 2. The summed E-state index contributed by atoms with van der Waals surface area (Å²) in [6.45, 7) is 2.30. The molecule has 7 heteroatoms. The van der Waals surface area contributed by atoms with Crippen LogP contribution in [-0.2, 0) is 4.79 Å². The van der Waals surface area contributed by atoms with Crippen molar-refractivity contribution in [3.05, 3.63) is 0 Å². The number of amides is 1. The van der Waals surface area contributed by atoms with Crippen LogP contribution in [0.1, 0.15) is 25.7 Å². The summed E-state index contributed by atoms with van der Waals surface area (Å²) in [5.74, 6) is 0.485. The van der Waals surface area contributed by atoms with Gasteiger partial charge in [0.15, 0.2) is 0 Å². The van der Waals surface area contributed by atoms with E-state index in [1.165, 1.54) is 0 Å². The molecular weight excluding hydrogens is 244 g/mol. The van der Waals surface area contributed by atoms with Crippen LogP contribution in [0.2, 0.25) is 0 Å². The van der Waals surface area contributed by atoms with Gasteiger partial charge in [0.2, 0.25) is 18.1 Å². The maximum absolute atomic E-state index is 11.9. The van der Waals surface area contributed by atoms with E-state index in [-0.39, 0.29) is 5.91 Å². The van der Waals surface area contributed by atoms with Crippen LogP contribution < -0.4 is 16.4 Å². The third-order valence-electron chi connectivity index (χ3n) is 3.12. The first-order valence-corrected chi connectivity index (χ1v) is 6.61. The Labute approximate surface area is 113 Å². The van der Waals surface area contributed by atoms with Gasteiger partial charge in [-0.25, -0.2) is 0 Å². The summed E-state index contributed by atoms with van der Waals surface area (Å²) in [5.41, 5.74) is 5.89. The molecule has 19 heavy (non-hydrogen) atoms. The summed E-state index contributed by atoms with van der Waals surface area (Å²) in [6.07, 6.45) is 5.25. The zero-order valence-electron chi connectivity index (χ0n) is 11.4. The number of nitrogens with zero attached hydrogens (tertiary/aromatic N) is 3. The van der Waals surface area contributed by atoms with Crippen LogP contribution in [0.3, 0.4) is 0 Å². The van der Waals surface area contributed by atoms with E-state index < -0.39 is 6.04 Å². The topological polar surface area (TPSA) is 107 Å². The quantitative estimate of drug-likeness (QED) is 0.266. The molecule has 7 nitrogen and oxygen atoms in total. The summed E-state index contributed by atoms with van der Waals surface area (Å²) in [7, 11) is 1.69. The lowest BCUT2D eigenvalue weighted by Gasteiger charge is -2.20. The summed E-state index contributed by atoms with van der Waals surface area (Å²) in [6, 6.07) is -0.425. The smallest absolute Gasteiger partial charge is 0.239 e. The lowest BCUT2D eigenvalue weighted by molar-refractivity contribution is -0.131. The number of likely N-dealkylation sites (tertiary alicyclic amines) is 1. The minimum Gasteiger partial charge on any atom is -0.359 e. The second-order valence-corrected chi connectivity index (χ2v) is 4.52. The molecule has 1 aliphatic rings. The molecule has 1 saturated heterocycles. The Bertz CT molecular complexity index is 356. The molecule has 0 spiro atoms. The van der Waals surface area contributed by atoms with Crippen molar-refractivity contribution < 1.29 is 4.79 Å². The molecule has 1 aliphatic heterocycles. The van der Waals surface area contributed by atoms with Crippen LogP contribution >= 0.6 is 0 Å². The molecule has 0 aromatic heterocycles. The highest BCUT2D eigenvalue weighted by Crippen LogP contribution is 2.10. The molecule has 0 saturated carbocycles. The number of hydrogen-bond donors (Lipinski definition) is 3. The van der Waals surface area contributed by atoms with Crippen LogP contribution in [0, 0.1) is 11.5 Å². The average Bonchev–Trinajstić information content (AvgIpc) is 2.95. The van der Waals surface area contributed by atoms with Gasteiger partial charge in [-0.3, -0.25) is 4.79 Å². The van der Waals surface area contributed by atoms with Crippen molar-refractivity contribution in [2.24, 2.45) is 10.7 Å². The number of carbonyl (C=O) groups is 1. The monoisotopic (exact) mass is 266 g/mol. The number of guanidine groups is 1. The van der Waals surface area contributed by atoms with Crippen molar-refractivity contribution in [3.8, 4) is 6.19 Å². The molecular formula is C12H22N6O. The highest BCUT2D eigenvalue weighted by Gasteiger charge is 2.22. The van der Waals surface area contributed by atoms with Crippen molar-refractivity contribution in [1.82, 2.24) is 15.5 Å². The summed E-state index contributed by atoms with van der Waals surface area (Å²) < 4.78 is 0. The second-order valence-electron chi connectivity index (χ2n) is 4.52. The first kappa shape index (κ1) is 15.2. The Morgan fingerprint density at radius 2 is 2.21 bits per heavy atom. The lowest BCUT2D eigenvalue weighted by Crippen LogP contribution is -2.43. The van der Waals surface area contributed by atoms with Crippen LogP contribution in [0.4, 0.5) is 0 Å². The van der Waals surface area contributed by atoms with E-state index in [9.17, 15) is 4.79 Å². The normalized spacial score (nSPS) is 16.9. The summed E-state index contributed by atoms with van der Waals surface area (Å²) in [4.78, 5) is 17.3. The SMILES string of the molecule is CN/C(=N/C#N)NCCC[C@H](N)C(=O)N1CCCC1. The Hall–Kier alpha value is -1.81. The van der Waals surface area contributed by atoms with Crippen molar-refractivity contribution in [1.29, 1.82) is 5.26 Å². The van der Waals surface area contributed by atoms with Gasteiger partial charge in [0.1, 0.15) is 0 Å². The van der Waals surface area contributed by atoms with Crippen molar-refractivity contribution in [3.63, 3.8) is 0 Å². The Morgan fingerprint density at radius 3 is 2.79 bits per heavy atom. The first-order chi connectivity index (χ1) is 9.19. The number of aliphatic imine (C=N–C) groups is 1. The predicted octanol–water partition coefficient (Wildman–Crippen LogP) is -0.638. The number of rotatable bonds is 5. The van der Waals surface area contributed by atoms with Crippen molar-refractivity contribution in [2.75, 3.05) is 26.7 Å². The van der Waals surface area contributed by atoms with Gasteiger partial charge in [-0.05, 0) is 25.7 Å². The van der Waals surface area contributed by atoms with E-state index in [1.807, 2.05) is 4.90 Å². The molecule has 0 aliphatic carbocycles. The molecule has 0 radical (unpaired) electrons. The molecule has 4 N–H and O–H groups in total. The molecule has 1 fully saturated rings. The van der Waals surface area contributed by atoms with Crippen LogP contribution in [0.25, 0.3) is 0 Å². The minimum absolute atomic E-state index is 0.0528. The Morgan fingerprint density at radius 1 is 1.53 bits per heavy atom. The van der Waals surface area contributed by atoms with Gasteiger partial charge in [0, 0.05) is 26.7 Å². The van der Waals surface area contributed by atoms with Gasteiger partial charge < -0.3 is 21.3 Å². The molecule has 1 rings (SSSR count). The van der Waals surface area contributed by atoms with Gasteiger partial charge in [0.05, 0.1) is 6.04 Å². The largest absolute Gasteiger partial charge is 0.359 e. The number of hydrogen-bond acceptors (Lipinski definition) is 4. The van der Waals surface area contributed by atoms with Crippen LogP contribution in [0.5, 0.6) is 0 Å². The fourth-order valence-electron chi connectivity index (χ4n) is 2.06. The van der Waals surface area contributed by atoms with Crippen molar-refractivity contribution in [2.45, 2.75) is 31.7 Å². The maximum atomic E-state index is 11.9. The zero-order valence-corrected chi connectivity index (χ0v) is 11.4. The van der Waals surface area contributed by atoms with Gasteiger partial charge in [-0.1, -0.05) is 0 Å². The third kappa shape index (κ3) is 5.14. The Kier molecular flexibility index (Phi) is 6.68. The van der Waals surface area contributed by atoms with Crippen molar-refractivity contribution >= 4 is 11.9 Å². The van der Waals surface area contributed by atoms with E-state index >= 15 is 0 Å². The number of carbonyl (C=O) groups excluding carboxylic acids is 1. The van der Waals surface area contributed by atoms with E-state index in [0.717, 1.165) is 32.4 Å². The summed E-state index contributed by atoms with van der Waals surface area (Å²) in [5, 5.41) is 14.2. The van der Waals surface area contributed by atoms with Crippen LogP contribution in [0.15, 0.2) is 4.99 Å². The highest BCUT2D eigenvalue weighted by molar-refractivity contribution is 5.82. The lowest BCUT2D eigenvalue weighted by atomic mass is 10.1.